The number of nitrogens with one attached hydrogen (secondary N) is 3. The van der Waals surface area contributed by atoms with E-state index in [-0.39, 0.29) is 11.8 Å². The maximum absolute atomic E-state index is 14.3. The Morgan fingerprint density at radius 2 is 1.77 bits per heavy atom. The first-order chi connectivity index (χ1) is 19.5. The van der Waals surface area contributed by atoms with Crippen molar-refractivity contribution in [3.05, 3.63) is 83.0 Å². The number of para-hydroxylation sites is 1. The Morgan fingerprint density at radius 1 is 0.950 bits per heavy atom. The van der Waals surface area contributed by atoms with Gasteiger partial charge in [-0.3, -0.25) is 19.7 Å². The smallest absolute Gasteiger partial charge is 0.250 e. The number of carbonyl (C=O) groups excluding carboxylic acids is 3. The molecule has 40 heavy (non-hydrogen) atoms. The number of hydrogen-bond acceptors (Lipinski definition) is 6. The molecule has 1 spiro atoms. The van der Waals surface area contributed by atoms with Gasteiger partial charge < -0.3 is 19.8 Å². The monoisotopic (exact) mass is 554 g/mol. The summed E-state index contributed by atoms with van der Waals surface area (Å²) in [5.41, 5.74) is 2.06. The van der Waals surface area contributed by atoms with Crippen molar-refractivity contribution in [2.75, 3.05) is 23.4 Å². The molecule has 3 N–H and O–H groups in total. The van der Waals surface area contributed by atoms with Crippen LogP contribution in [0.4, 0.5) is 11.4 Å². The molecule has 10 heteroatoms. The van der Waals surface area contributed by atoms with Crippen molar-refractivity contribution in [2.45, 2.75) is 18.0 Å². The van der Waals surface area contributed by atoms with Gasteiger partial charge in [-0.05, 0) is 48.4 Å². The average molecular weight is 555 g/mol. The van der Waals surface area contributed by atoms with E-state index in [1.54, 1.807) is 36.4 Å². The second kappa shape index (κ2) is 8.33. The lowest BCUT2D eigenvalue weighted by Gasteiger charge is -2.30. The minimum atomic E-state index is -1.45. The van der Waals surface area contributed by atoms with Crippen LogP contribution >= 0.6 is 11.6 Å². The van der Waals surface area contributed by atoms with Crippen molar-refractivity contribution < 1.29 is 23.9 Å². The standard InChI is InChI=1S/C30H23ClN4O5/c31-16-5-7-21-19(12-16)30(29(38)33-21)26-25(22(34-30)11-15-14-32-20-4-2-1-3-18(15)20)27(36)35(28(26)37)17-6-8-23-24(13-17)40-10-9-39-23/h1-8,12-14,22,25-26,32,34H,9-11H2,(H,33,38)/t22?,25-,26+,30?/m1/s1. The number of H-pyrrole nitrogens is 1. The Bertz CT molecular complexity index is 1770. The number of carbonyl (C=O) groups is 3. The molecule has 200 valence electrons. The Labute approximate surface area is 233 Å². The van der Waals surface area contributed by atoms with E-state index in [0.717, 1.165) is 16.5 Å². The maximum atomic E-state index is 14.3. The largest absolute Gasteiger partial charge is 0.486 e. The highest BCUT2D eigenvalue weighted by Gasteiger charge is 2.70. The number of benzene rings is 3. The first kappa shape index (κ1) is 23.5. The minimum absolute atomic E-state index is 0.357. The molecule has 4 aliphatic heterocycles. The Kier molecular flexibility index (Phi) is 4.90. The van der Waals surface area contributed by atoms with E-state index < -0.39 is 29.3 Å². The fraction of sp³-hybridized carbons (Fsp3) is 0.233. The third-order valence-corrected chi connectivity index (χ3v) is 8.81. The Morgan fingerprint density at radius 3 is 2.65 bits per heavy atom. The van der Waals surface area contributed by atoms with Crippen molar-refractivity contribution in [2.24, 2.45) is 11.8 Å². The van der Waals surface area contributed by atoms with Crippen LogP contribution in [-0.4, -0.2) is 42.0 Å². The fourth-order valence-corrected chi connectivity index (χ4v) is 7.08. The Hall–Kier alpha value is -4.34. The molecule has 4 aromatic rings. The number of halogens is 1. The number of amides is 3. The lowest BCUT2D eigenvalue weighted by atomic mass is 9.76. The van der Waals surface area contributed by atoms with Crippen molar-refractivity contribution in [3.8, 4) is 11.5 Å². The summed E-state index contributed by atoms with van der Waals surface area (Å²) in [6.07, 6.45) is 2.36. The second-order valence-corrected chi connectivity index (χ2v) is 11.0. The van der Waals surface area contributed by atoms with Gasteiger partial charge >= 0.3 is 0 Å². The molecule has 1 aromatic heterocycles. The van der Waals surface area contributed by atoms with Gasteiger partial charge in [0.15, 0.2) is 11.5 Å². The molecular formula is C30H23ClN4O5. The van der Waals surface area contributed by atoms with Crippen LogP contribution in [0.25, 0.3) is 10.9 Å². The molecule has 2 fully saturated rings. The topological polar surface area (TPSA) is 113 Å². The van der Waals surface area contributed by atoms with Gasteiger partial charge in [0.2, 0.25) is 17.7 Å². The van der Waals surface area contributed by atoms with Gasteiger partial charge in [-0.15, -0.1) is 0 Å². The summed E-state index contributed by atoms with van der Waals surface area (Å²) in [6.45, 7) is 0.805. The van der Waals surface area contributed by atoms with E-state index in [1.165, 1.54) is 4.90 Å². The lowest BCUT2D eigenvalue weighted by Crippen LogP contribution is -2.53. The third kappa shape index (κ3) is 3.10. The van der Waals surface area contributed by atoms with Gasteiger partial charge in [0.1, 0.15) is 18.8 Å². The molecular weight excluding hydrogens is 532 g/mol. The van der Waals surface area contributed by atoms with Crippen LogP contribution in [0.3, 0.4) is 0 Å². The van der Waals surface area contributed by atoms with Crippen LogP contribution in [-0.2, 0) is 26.3 Å². The lowest BCUT2D eigenvalue weighted by molar-refractivity contribution is -0.130. The predicted octanol–water partition coefficient (Wildman–Crippen LogP) is 3.76. The highest BCUT2D eigenvalue weighted by atomic mass is 35.5. The summed E-state index contributed by atoms with van der Waals surface area (Å²) < 4.78 is 11.4. The molecule has 2 saturated heterocycles. The number of rotatable bonds is 3. The van der Waals surface area contributed by atoms with Crippen LogP contribution in [0.2, 0.25) is 5.02 Å². The summed E-state index contributed by atoms with van der Waals surface area (Å²) in [5, 5.41) is 7.88. The van der Waals surface area contributed by atoms with E-state index in [0.29, 0.717) is 53.1 Å². The zero-order valence-corrected chi connectivity index (χ0v) is 21.8. The quantitative estimate of drug-likeness (QED) is 0.332. The number of fused-ring (bicyclic) bond motifs is 6. The van der Waals surface area contributed by atoms with Crippen LogP contribution in [0.1, 0.15) is 11.1 Å². The molecule has 0 saturated carbocycles. The first-order valence-corrected chi connectivity index (χ1v) is 13.5. The van der Waals surface area contributed by atoms with E-state index in [2.05, 4.69) is 15.6 Å². The number of anilines is 2. The number of aromatic nitrogens is 1. The predicted molar refractivity (Wildman–Crippen MR) is 148 cm³/mol. The molecule has 0 radical (unpaired) electrons. The summed E-state index contributed by atoms with van der Waals surface area (Å²) >= 11 is 6.39. The van der Waals surface area contributed by atoms with Gasteiger partial charge in [-0.2, -0.15) is 0 Å². The van der Waals surface area contributed by atoms with Gasteiger partial charge in [0, 0.05) is 45.5 Å². The normalized spacial score (nSPS) is 26.5. The van der Waals surface area contributed by atoms with Crippen molar-refractivity contribution in [1.82, 2.24) is 10.3 Å². The van der Waals surface area contributed by atoms with Crippen LogP contribution in [0.15, 0.2) is 66.9 Å². The van der Waals surface area contributed by atoms with E-state index >= 15 is 0 Å². The first-order valence-electron chi connectivity index (χ1n) is 13.2. The molecule has 9 nitrogen and oxygen atoms in total. The molecule has 2 unspecified atom stereocenters. The summed E-state index contributed by atoms with van der Waals surface area (Å²) in [5.74, 6) is -1.89. The molecule has 8 rings (SSSR count). The van der Waals surface area contributed by atoms with Gasteiger partial charge in [-0.25, -0.2) is 4.90 Å². The summed E-state index contributed by atoms with van der Waals surface area (Å²) in [7, 11) is 0. The van der Waals surface area contributed by atoms with Gasteiger partial charge in [-0.1, -0.05) is 29.8 Å². The van der Waals surface area contributed by atoms with Crippen molar-refractivity contribution in [3.63, 3.8) is 0 Å². The number of hydrogen-bond donors (Lipinski definition) is 3. The number of imide groups is 1. The minimum Gasteiger partial charge on any atom is -0.486 e. The number of ether oxygens (including phenoxy) is 2. The number of nitrogens with zero attached hydrogens (tertiary/aromatic N) is 1. The van der Waals surface area contributed by atoms with Crippen molar-refractivity contribution in [1.29, 1.82) is 0 Å². The van der Waals surface area contributed by atoms with Crippen LogP contribution in [0.5, 0.6) is 11.5 Å². The molecule has 4 atom stereocenters. The number of aromatic amines is 1. The molecule has 3 amide bonds. The van der Waals surface area contributed by atoms with E-state index in [1.807, 2.05) is 30.5 Å². The van der Waals surface area contributed by atoms with E-state index in [4.69, 9.17) is 21.1 Å². The summed E-state index contributed by atoms with van der Waals surface area (Å²) in [4.78, 5) is 46.8. The second-order valence-electron chi connectivity index (χ2n) is 10.6. The molecule has 5 heterocycles. The molecule has 0 bridgehead atoms. The fourth-order valence-electron chi connectivity index (χ4n) is 6.91. The van der Waals surface area contributed by atoms with E-state index in [9.17, 15) is 14.4 Å². The van der Waals surface area contributed by atoms with Gasteiger partial charge in [0.25, 0.3) is 0 Å². The highest BCUT2D eigenvalue weighted by molar-refractivity contribution is 6.31. The SMILES string of the molecule is O=C1[C@@H]2C(Cc3c[nH]c4ccccc34)NC3(C(=O)Nc4ccc(Cl)cc43)[C@@H]2C(=O)N1c1ccc2c(c1)OCCO2. The zero-order chi connectivity index (χ0) is 27.2. The summed E-state index contributed by atoms with van der Waals surface area (Å²) in [6, 6.07) is 17.6. The maximum Gasteiger partial charge on any atom is 0.250 e. The van der Waals surface area contributed by atoms with Crippen LogP contribution < -0.4 is 25.0 Å². The Balaban J connectivity index is 1.27. The molecule has 4 aliphatic rings. The highest BCUT2D eigenvalue weighted by Crippen LogP contribution is 2.54. The van der Waals surface area contributed by atoms with Crippen molar-refractivity contribution >= 4 is 51.6 Å². The molecule has 3 aromatic carbocycles. The molecule has 0 aliphatic carbocycles. The van der Waals surface area contributed by atoms with Crippen LogP contribution in [0, 0.1) is 11.8 Å². The average Bonchev–Trinajstić information content (AvgIpc) is 3.67. The third-order valence-electron chi connectivity index (χ3n) is 8.58. The zero-order valence-electron chi connectivity index (χ0n) is 21.1. The van der Waals surface area contributed by atoms with Gasteiger partial charge in [0.05, 0.1) is 17.5 Å².